The number of hydrogen-bond donors (Lipinski definition) is 2. The fourth-order valence-corrected chi connectivity index (χ4v) is 1.86. The zero-order valence-electron chi connectivity index (χ0n) is 10.8. The van der Waals surface area contributed by atoms with E-state index in [1.165, 1.54) is 6.33 Å². The highest BCUT2D eigenvalue weighted by Gasteiger charge is 2.21. The second-order valence-corrected chi connectivity index (χ2v) is 4.46. The molecule has 2 aromatic rings. The van der Waals surface area contributed by atoms with Crippen LogP contribution < -0.4 is 5.32 Å². The maximum Gasteiger partial charge on any atom is 0.265 e. The standard InChI is InChI=1S/C13H15F2N3O2/c1-8(13(20)16-6-11(19)12(14)15)18-7-17-9-4-2-3-5-10(9)18/h2-5,7-8,11-12,19H,6H2,1H3,(H,16,20). The molecular formula is C13H15F2N3O2. The van der Waals surface area contributed by atoms with E-state index in [1.807, 2.05) is 24.3 Å². The molecule has 0 radical (unpaired) electrons. The normalized spacial score (nSPS) is 14.4. The predicted molar refractivity (Wildman–Crippen MR) is 69.5 cm³/mol. The molecule has 108 valence electrons. The van der Waals surface area contributed by atoms with Crippen LogP contribution in [0, 0.1) is 0 Å². The number of nitrogens with one attached hydrogen (secondary N) is 1. The van der Waals surface area contributed by atoms with E-state index in [0.717, 1.165) is 11.0 Å². The third kappa shape index (κ3) is 2.93. The zero-order chi connectivity index (χ0) is 14.7. The lowest BCUT2D eigenvalue weighted by Crippen LogP contribution is -2.38. The first-order valence-electron chi connectivity index (χ1n) is 6.16. The Kier molecular flexibility index (Phi) is 4.29. The molecule has 2 N–H and O–H groups in total. The summed E-state index contributed by atoms with van der Waals surface area (Å²) in [7, 11) is 0. The number of aromatic nitrogens is 2. The van der Waals surface area contributed by atoms with Crippen molar-refractivity contribution in [3.63, 3.8) is 0 Å². The van der Waals surface area contributed by atoms with Crippen molar-refractivity contribution >= 4 is 16.9 Å². The van der Waals surface area contributed by atoms with Crippen LogP contribution in [0.15, 0.2) is 30.6 Å². The lowest BCUT2D eigenvalue weighted by molar-refractivity contribution is -0.124. The molecule has 5 nitrogen and oxygen atoms in total. The van der Waals surface area contributed by atoms with E-state index in [-0.39, 0.29) is 0 Å². The Morgan fingerprint density at radius 1 is 1.45 bits per heavy atom. The van der Waals surface area contributed by atoms with Crippen molar-refractivity contribution in [3.8, 4) is 0 Å². The number of fused-ring (bicyclic) bond motifs is 1. The van der Waals surface area contributed by atoms with E-state index >= 15 is 0 Å². The molecule has 1 aromatic heterocycles. The van der Waals surface area contributed by atoms with Gasteiger partial charge in [0.05, 0.1) is 17.4 Å². The van der Waals surface area contributed by atoms with Gasteiger partial charge in [-0.1, -0.05) is 12.1 Å². The zero-order valence-corrected chi connectivity index (χ0v) is 10.8. The summed E-state index contributed by atoms with van der Waals surface area (Å²) in [6, 6.07) is 6.69. The van der Waals surface area contributed by atoms with E-state index in [1.54, 1.807) is 11.5 Å². The molecular weight excluding hydrogens is 268 g/mol. The Bertz CT molecular complexity index is 600. The lowest BCUT2D eigenvalue weighted by Gasteiger charge is -2.16. The molecule has 0 fully saturated rings. The molecule has 0 aliphatic carbocycles. The Balaban J connectivity index is 2.07. The number of amides is 1. The van der Waals surface area contributed by atoms with Crippen LogP contribution in [0.3, 0.4) is 0 Å². The molecule has 2 rings (SSSR count). The van der Waals surface area contributed by atoms with Crippen LogP contribution in [0.5, 0.6) is 0 Å². The fraction of sp³-hybridized carbons (Fsp3) is 0.385. The number of carbonyl (C=O) groups excluding carboxylic acids is 1. The molecule has 0 bridgehead atoms. The second kappa shape index (κ2) is 5.96. The van der Waals surface area contributed by atoms with Crippen LogP contribution >= 0.6 is 0 Å². The van der Waals surface area contributed by atoms with Crippen LogP contribution in [-0.4, -0.2) is 39.6 Å². The lowest BCUT2D eigenvalue weighted by atomic mass is 10.2. The maximum atomic E-state index is 12.1. The summed E-state index contributed by atoms with van der Waals surface area (Å²) in [6.07, 6.45) is -3.20. The number of carbonyl (C=O) groups is 1. The average Bonchev–Trinajstić information content (AvgIpc) is 2.87. The summed E-state index contributed by atoms with van der Waals surface area (Å²) in [5.41, 5.74) is 1.53. The molecule has 0 spiro atoms. The Hall–Kier alpha value is -2.02. The van der Waals surface area contributed by atoms with Crippen LogP contribution in [-0.2, 0) is 4.79 Å². The van der Waals surface area contributed by atoms with E-state index in [4.69, 9.17) is 5.11 Å². The average molecular weight is 283 g/mol. The van der Waals surface area contributed by atoms with Gasteiger partial charge in [0.15, 0.2) is 0 Å². The second-order valence-electron chi connectivity index (χ2n) is 4.46. The first kappa shape index (κ1) is 14.4. The van der Waals surface area contributed by atoms with E-state index in [0.29, 0.717) is 0 Å². The number of para-hydroxylation sites is 2. The number of alkyl halides is 2. The van der Waals surface area contributed by atoms with E-state index < -0.39 is 31.0 Å². The van der Waals surface area contributed by atoms with Crippen molar-refractivity contribution < 1.29 is 18.7 Å². The topological polar surface area (TPSA) is 67.2 Å². The smallest absolute Gasteiger partial charge is 0.265 e. The van der Waals surface area contributed by atoms with Crippen LogP contribution in [0.4, 0.5) is 8.78 Å². The third-order valence-electron chi connectivity index (χ3n) is 3.05. The fourth-order valence-electron chi connectivity index (χ4n) is 1.86. The van der Waals surface area contributed by atoms with Crippen molar-refractivity contribution in [2.24, 2.45) is 0 Å². The number of halogens is 2. The quantitative estimate of drug-likeness (QED) is 0.870. The van der Waals surface area contributed by atoms with Crippen LogP contribution in [0.1, 0.15) is 13.0 Å². The van der Waals surface area contributed by atoms with Gasteiger partial charge >= 0.3 is 0 Å². The minimum atomic E-state index is -2.88. The summed E-state index contributed by atoms with van der Waals surface area (Å²) >= 11 is 0. The van der Waals surface area contributed by atoms with Gasteiger partial charge in [-0.25, -0.2) is 13.8 Å². The van der Waals surface area contributed by atoms with Gasteiger partial charge in [-0.2, -0.15) is 0 Å². The number of rotatable bonds is 5. The minimum Gasteiger partial charge on any atom is -0.385 e. The van der Waals surface area contributed by atoms with Gasteiger partial charge in [-0.15, -0.1) is 0 Å². The number of aliphatic hydroxyl groups excluding tert-OH is 1. The highest BCUT2D eigenvalue weighted by Crippen LogP contribution is 2.17. The Morgan fingerprint density at radius 3 is 2.85 bits per heavy atom. The molecule has 7 heteroatoms. The van der Waals surface area contributed by atoms with Gasteiger partial charge in [0.1, 0.15) is 12.1 Å². The molecule has 1 amide bonds. The number of hydrogen-bond acceptors (Lipinski definition) is 3. The van der Waals surface area contributed by atoms with Crippen molar-refractivity contribution in [1.29, 1.82) is 0 Å². The van der Waals surface area contributed by atoms with Crippen LogP contribution in [0.2, 0.25) is 0 Å². The molecule has 0 aliphatic heterocycles. The largest absolute Gasteiger partial charge is 0.385 e. The van der Waals surface area contributed by atoms with Crippen molar-refractivity contribution in [2.45, 2.75) is 25.5 Å². The van der Waals surface area contributed by atoms with Crippen LogP contribution in [0.25, 0.3) is 11.0 Å². The molecule has 0 saturated carbocycles. The minimum absolute atomic E-state index is 0.451. The number of aliphatic hydroxyl groups is 1. The highest BCUT2D eigenvalue weighted by atomic mass is 19.3. The Morgan fingerprint density at radius 2 is 2.15 bits per heavy atom. The monoisotopic (exact) mass is 283 g/mol. The maximum absolute atomic E-state index is 12.1. The molecule has 0 aliphatic rings. The number of imidazole rings is 1. The van der Waals surface area contributed by atoms with Crippen molar-refractivity contribution in [3.05, 3.63) is 30.6 Å². The summed E-state index contributed by atoms with van der Waals surface area (Å²) in [4.78, 5) is 16.1. The molecule has 20 heavy (non-hydrogen) atoms. The molecule has 2 atom stereocenters. The number of benzene rings is 1. The van der Waals surface area contributed by atoms with Gasteiger partial charge in [0.2, 0.25) is 5.91 Å². The molecule has 2 unspecified atom stereocenters. The molecule has 1 heterocycles. The SMILES string of the molecule is CC(C(=O)NCC(O)C(F)F)n1cnc2ccccc21. The van der Waals surface area contributed by atoms with Gasteiger partial charge < -0.3 is 15.0 Å². The summed E-state index contributed by atoms with van der Waals surface area (Å²) in [5, 5.41) is 11.3. The first-order chi connectivity index (χ1) is 9.50. The highest BCUT2D eigenvalue weighted by molar-refractivity contribution is 5.83. The Labute approximate surface area is 114 Å². The summed E-state index contributed by atoms with van der Waals surface area (Å²) < 4.78 is 25.9. The molecule has 0 saturated heterocycles. The first-order valence-corrected chi connectivity index (χ1v) is 6.16. The predicted octanol–water partition coefficient (Wildman–Crippen LogP) is 1.34. The third-order valence-corrected chi connectivity index (χ3v) is 3.05. The van der Waals surface area contributed by atoms with Crippen molar-refractivity contribution in [2.75, 3.05) is 6.54 Å². The van der Waals surface area contributed by atoms with Gasteiger partial charge in [0.25, 0.3) is 6.43 Å². The van der Waals surface area contributed by atoms with Gasteiger partial charge in [0, 0.05) is 6.54 Å². The van der Waals surface area contributed by atoms with E-state index in [2.05, 4.69) is 10.3 Å². The van der Waals surface area contributed by atoms with Gasteiger partial charge in [-0.05, 0) is 19.1 Å². The summed E-state index contributed by atoms with van der Waals surface area (Å²) in [5.74, 6) is -0.451. The number of nitrogens with zero attached hydrogens (tertiary/aromatic N) is 2. The van der Waals surface area contributed by atoms with Gasteiger partial charge in [-0.3, -0.25) is 4.79 Å². The van der Waals surface area contributed by atoms with Crippen molar-refractivity contribution in [1.82, 2.24) is 14.9 Å². The van der Waals surface area contributed by atoms with E-state index in [9.17, 15) is 13.6 Å². The molecule has 1 aromatic carbocycles. The summed E-state index contributed by atoms with van der Waals surface area (Å²) in [6.45, 7) is 1.16.